The van der Waals surface area contributed by atoms with Crippen LogP contribution in [-0.4, -0.2) is 23.4 Å². The zero-order valence-electron chi connectivity index (χ0n) is 13.5. The first kappa shape index (κ1) is 14.6. The molecule has 0 aromatic heterocycles. The van der Waals surface area contributed by atoms with Gasteiger partial charge in [-0.15, -0.1) is 0 Å². The summed E-state index contributed by atoms with van der Waals surface area (Å²) >= 11 is 0. The molecular weight excluding hydrogens is 260 g/mol. The van der Waals surface area contributed by atoms with Gasteiger partial charge in [-0.25, -0.2) is 0 Å². The molecule has 2 fully saturated rings. The second-order valence-electron chi connectivity index (χ2n) is 7.17. The number of nitrogens with one attached hydrogen (secondary N) is 1. The second kappa shape index (κ2) is 5.45. The Hall–Kier alpha value is -1.35. The molecule has 2 aliphatic rings. The highest BCUT2D eigenvalue weighted by atomic mass is 16.2. The molecule has 21 heavy (non-hydrogen) atoms. The highest BCUT2D eigenvalue weighted by Gasteiger charge is 2.44. The van der Waals surface area contributed by atoms with Crippen LogP contribution in [0, 0.1) is 24.7 Å². The number of aryl methyl sites for hydroxylation is 1. The number of rotatable bonds is 4. The standard InChI is InChI=1S/C18H26N2O/c1-11(2)16-18(21)20(10-15-9-13(15)4)17(19-16)14-7-5-6-12(3)8-14/h5-8,11,13,15-17,19H,9-10H2,1-4H3. The third kappa shape index (κ3) is 2.84. The highest BCUT2D eigenvalue weighted by molar-refractivity contribution is 5.85. The number of nitrogens with zero attached hydrogens (tertiary/aromatic N) is 1. The number of benzene rings is 1. The maximum atomic E-state index is 12.7. The fraction of sp³-hybridized carbons (Fsp3) is 0.611. The lowest BCUT2D eigenvalue weighted by molar-refractivity contribution is -0.131. The van der Waals surface area contributed by atoms with Gasteiger partial charge in [0.15, 0.2) is 0 Å². The van der Waals surface area contributed by atoms with Crippen LogP contribution in [0.25, 0.3) is 0 Å². The molecule has 1 aromatic carbocycles. The van der Waals surface area contributed by atoms with Gasteiger partial charge in [0.25, 0.3) is 0 Å². The fourth-order valence-corrected chi connectivity index (χ4v) is 3.33. The molecular formula is C18H26N2O. The van der Waals surface area contributed by atoms with Crippen LogP contribution in [0.15, 0.2) is 24.3 Å². The molecule has 1 heterocycles. The summed E-state index contributed by atoms with van der Waals surface area (Å²) in [4.78, 5) is 14.8. The third-order valence-electron chi connectivity index (χ3n) is 4.93. The van der Waals surface area contributed by atoms with E-state index in [-0.39, 0.29) is 18.1 Å². The molecule has 1 saturated carbocycles. The van der Waals surface area contributed by atoms with Gasteiger partial charge in [0.2, 0.25) is 5.91 Å². The summed E-state index contributed by atoms with van der Waals surface area (Å²) in [6.45, 7) is 9.51. The summed E-state index contributed by atoms with van der Waals surface area (Å²) in [5, 5.41) is 3.56. The molecule has 1 aromatic rings. The largest absolute Gasteiger partial charge is 0.321 e. The van der Waals surface area contributed by atoms with Crippen LogP contribution in [0.2, 0.25) is 0 Å². The SMILES string of the molecule is Cc1cccc(C2NC(C(C)C)C(=O)N2CC2CC2C)c1. The van der Waals surface area contributed by atoms with E-state index in [1.807, 2.05) is 0 Å². The minimum absolute atomic E-state index is 0.0394. The molecule has 3 rings (SSSR count). The van der Waals surface area contributed by atoms with Crippen molar-refractivity contribution in [2.24, 2.45) is 17.8 Å². The lowest BCUT2D eigenvalue weighted by atomic mass is 10.0. The van der Waals surface area contributed by atoms with Crippen molar-refractivity contribution in [3.8, 4) is 0 Å². The Bertz CT molecular complexity index is 540. The van der Waals surface area contributed by atoms with Crippen molar-refractivity contribution >= 4 is 5.91 Å². The van der Waals surface area contributed by atoms with Crippen molar-refractivity contribution in [2.75, 3.05) is 6.54 Å². The minimum Gasteiger partial charge on any atom is -0.321 e. The van der Waals surface area contributed by atoms with Gasteiger partial charge >= 0.3 is 0 Å². The van der Waals surface area contributed by atoms with Gasteiger partial charge in [-0.1, -0.05) is 50.6 Å². The van der Waals surface area contributed by atoms with Crippen LogP contribution in [0.1, 0.15) is 44.5 Å². The zero-order valence-corrected chi connectivity index (χ0v) is 13.5. The van der Waals surface area contributed by atoms with E-state index in [4.69, 9.17) is 0 Å². The molecule has 114 valence electrons. The Labute approximate surface area is 127 Å². The normalized spacial score (nSPS) is 32.0. The first-order valence-electron chi connectivity index (χ1n) is 8.10. The maximum Gasteiger partial charge on any atom is 0.241 e. The lowest BCUT2D eigenvalue weighted by Gasteiger charge is -2.25. The molecule has 1 amide bonds. The Morgan fingerprint density at radius 2 is 2.10 bits per heavy atom. The molecule has 1 N–H and O–H groups in total. The highest BCUT2D eigenvalue weighted by Crippen LogP contribution is 2.41. The predicted molar refractivity (Wildman–Crippen MR) is 84.7 cm³/mol. The maximum absolute atomic E-state index is 12.7. The van der Waals surface area contributed by atoms with Crippen LogP contribution in [-0.2, 0) is 4.79 Å². The molecule has 1 aliphatic heterocycles. The summed E-state index contributed by atoms with van der Waals surface area (Å²) < 4.78 is 0. The Morgan fingerprint density at radius 3 is 2.67 bits per heavy atom. The number of hydrogen-bond acceptors (Lipinski definition) is 2. The van der Waals surface area contributed by atoms with Gasteiger partial charge in [0.1, 0.15) is 6.17 Å². The molecule has 3 nitrogen and oxygen atoms in total. The molecule has 0 spiro atoms. The van der Waals surface area contributed by atoms with E-state index in [0.717, 1.165) is 12.5 Å². The predicted octanol–water partition coefficient (Wildman–Crippen LogP) is 3.11. The van der Waals surface area contributed by atoms with Crippen LogP contribution < -0.4 is 5.32 Å². The van der Waals surface area contributed by atoms with E-state index in [9.17, 15) is 4.79 Å². The van der Waals surface area contributed by atoms with E-state index < -0.39 is 0 Å². The summed E-state index contributed by atoms with van der Waals surface area (Å²) in [5.74, 6) is 2.06. The quantitative estimate of drug-likeness (QED) is 0.922. The Balaban J connectivity index is 1.86. The monoisotopic (exact) mass is 286 g/mol. The van der Waals surface area contributed by atoms with Gasteiger partial charge in [-0.05, 0) is 36.7 Å². The topological polar surface area (TPSA) is 32.3 Å². The molecule has 0 radical (unpaired) electrons. The zero-order chi connectivity index (χ0) is 15.1. The van der Waals surface area contributed by atoms with Crippen molar-refractivity contribution in [1.29, 1.82) is 0 Å². The molecule has 1 aliphatic carbocycles. The van der Waals surface area contributed by atoms with Crippen molar-refractivity contribution in [2.45, 2.75) is 46.3 Å². The summed E-state index contributed by atoms with van der Waals surface area (Å²) in [6.07, 6.45) is 1.30. The van der Waals surface area contributed by atoms with Crippen molar-refractivity contribution < 1.29 is 4.79 Å². The van der Waals surface area contributed by atoms with Gasteiger partial charge < -0.3 is 4.90 Å². The smallest absolute Gasteiger partial charge is 0.241 e. The number of amides is 1. The van der Waals surface area contributed by atoms with Crippen molar-refractivity contribution in [3.05, 3.63) is 35.4 Å². The first-order chi connectivity index (χ1) is 9.97. The molecule has 3 heteroatoms. The lowest BCUT2D eigenvalue weighted by Crippen LogP contribution is -2.35. The fourth-order valence-electron chi connectivity index (χ4n) is 3.33. The van der Waals surface area contributed by atoms with E-state index in [1.54, 1.807) is 0 Å². The number of carbonyl (C=O) groups excluding carboxylic acids is 1. The van der Waals surface area contributed by atoms with Crippen LogP contribution >= 0.6 is 0 Å². The van der Waals surface area contributed by atoms with Crippen molar-refractivity contribution in [1.82, 2.24) is 10.2 Å². The summed E-state index contributed by atoms with van der Waals surface area (Å²) in [7, 11) is 0. The summed E-state index contributed by atoms with van der Waals surface area (Å²) in [5.41, 5.74) is 2.45. The van der Waals surface area contributed by atoms with E-state index in [2.05, 4.69) is 62.2 Å². The van der Waals surface area contributed by atoms with Crippen LogP contribution in [0.3, 0.4) is 0 Å². The Morgan fingerprint density at radius 1 is 1.38 bits per heavy atom. The number of hydrogen-bond donors (Lipinski definition) is 1. The first-order valence-corrected chi connectivity index (χ1v) is 8.10. The molecule has 1 saturated heterocycles. The number of carbonyl (C=O) groups is 1. The van der Waals surface area contributed by atoms with Gasteiger partial charge in [0, 0.05) is 6.54 Å². The average molecular weight is 286 g/mol. The summed E-state index contributed by atoms with van der Waals surface area (Å²) in [6, 6.07) is 8.45. The second-order valence-corrected chi connectivity index (χ2v) is 7.17. The Kier molecular flexibility index (Phi) is 3.78. The van der Waals surface area contributed by atoms with Crippen LogP contribution in [0.4, 0.5) is 0 Å². The van der Waals surface area contributed by atoms with E-state index >= 15 is 0 Å². The molecule has 4 unspecified atom stereocenters. The van der Waals surface area contributed by atoms with Gasteiger partial charge in [-0.3, -0.25) is 10.1 Å². The van der Waals surface area contributed by atoms with Crippen LogP contribution in [0.5, 0.6) is 0 Å². The van der Waals surface area contributed by atoms with Gasteiger partial charge in [0.05, 0.1) is 6.04 Å². The van der Waals surface area contributed by atoms with Crippen molar-refractivity contribution in [3.63, 3.8) is 0 Å². The van der Waals surface area contributed by atoms with E-state index in [0.29, 0.717) is 11.8 Å². The molecule has 0 bridgehead atoms. The molecule has 4 atom stereocenters. The third-order valence-corrected chi connectivity index (χ3v) is 4.93. The van der Waals surface area contributed by atoms with Gasteiger partial charge in [-0.2, -0.15) is 0 Å². The van der Waals surface area contributed by atoms with E-state index in [1.165, 1.54) is 17.5 Å². The average Bonchev–Trinajstić information content (AvgIpc) is 3.01. The minimum atomic E-state index is -0.0513.